The molecule has 2 N–H and O–H groups in total. The molecule has 0 unspecified atom stereocenters. The predicted octanol–water partition coefficient (Wildman–Crippen LogP) is 1.48. The van der Waals surface area contributed by atoms with Gasteiger partial charge in [0.15, 0.2) is 0 Å². The van der Waals surface area contributed by atoms with Gasteiger partial charge < -0.3 is 15.3 Å². The molecule has 2 rings (SSSR count). The van der Waals surface area contributed by atoms with E-state index in [9.17, 15) is 20.0 Å². The lowest BCUT2D eigenvalue weighted by Crippen LogP contribution is -2.39. The number of nitrogens with one attached hydrogen (secondary N) is 1. The third-order valence-corrected chi connectivity index (χ3v) is 3.81. The van der Waals surface area contributed by atoms with Crippen LogP contribution >= 0.6 is 0 Å². The fraction of sp³-hybridized carbons (Fsp3) is 0.500. The second-order valence-corrected chi connectivity index (χ2v) is 5.39. The Morgan fingerprint density at radius 3 is 2.71 bits per heavy atom. The van der Waals surface area contributed by atoms with Crippen LogP contribution in [0.2, 0.25) is 0 Å². The minimum atomic E-state index is -0.542. The second-order valence-electron chi connectivity index (χ2n) is 5.39. The summed E-state index contributed by atoms with van der Waals surface area (Å²) in [4.78, 5) is 24.6. The molecule has 1 aromatic rings. The van der Waals surface area contributed by atoms with E-state index in [1.165, 1.54) is 11.0 Å². The number of rotatable bonds is 5. The van der Waals surface area contributed by atoms with Gasteiger partial charge in [0.05, 0.1) is 11.0 Å². The Hall–Kier alpha value is -2.15. The highest BCUT2D eigenvalue weighted by Crippen LogP contribution is 2.31. The number of carbonyl (C=O) groups is 1. The Balaban J connectivity index is 2.20. The van der Waals surface area contributed by atoms with Crippen molar-refractivity contribution in [3.8, 4) is 0 Å². The van der Waals surface area contributed by atoms with Crippen molar-refractivity contribution in [1.82, 2.24) is 4.90 Å². The van der Waals surface area contributed by atoms with E-state index >= 15 is 0 Å². The number of hydrogen-bond acceptors (Lipinski definition) is 5. The molecule has 0 saturated heterocycles. The van der Waals surface area contributed by atoms with E-state index in [1.54, 1.807) is 26.2 Å². The van der Waals surface area contributed by atoms with Crippen molar-refractivity contribution in [1.29, 1.82) is 0 Å². The van der Waals surface area contributed by atoms with Gasteiger partial charge in [-0.15, -0.1) is 0 Å². The van der Waals surface area contributed by atoms with Gasteiger partial charge in [-0.1, -0.05) is 6.07 Å². The maximum absolute atomic E-state index is 12.4. The van der Waals surface area contributed by atoms with E-state index in [0.717, 1.165) is 0 Å². The molecular weight excluding hydrogens is 274 g/mol. The lowest BCUT2D eigenvalue weighted by Gasteiger charge is -2.34. The highest BCUT2D eigenvalue weighted by Gasteiger charge is 2.31. The first-order valence-electron chi connectivity index (χ1n) is 6.82. The molecule has 1 fully saturated rings. The molecule has 1 aromatic carbocycles. The van der Waals surface area contributed by atoms with Crippen molar-refractivity contribution in [3.63, 3.8) is 0 Å². The van der Waals surface area contributed by atoms with Crippen LogP contribution in [0, 0.1) is 16.0 Å². The average Bonchev–Trinajstić information content (AvgIpc) is 2.43. The van der Waals surface area contributed by atoms with Gasteiger partial charge in [0.2, 0.25) is 0 Å². The maximum Gasteiger partial charge on any atom is 0.305 e. The van der Waals surface area contributed by atoms with Crippen LogP contribution in [0.25, 0.3) is 0 Å². The first-order chi connectivity index (χ1) is 9.93. The van der Waals surface area contributed by atoms with E-state index in [-0.39, 0.29) is 29.2 Å². The summed E-state index contributed by atoms with van der Waals surface area (Å²) in [5.74, 6) is -0.110. The van der Waals surface area contributed by atoms with Crippen LogP contribution in [-0.4, -0.2) is 47.6 Å². The number of carbonyl (C=O) groups excluding carboxylic acids is 1. The summed E-state index contributed by atoms with van der Waals surface area (Å²) < 4.78 is 0. The molecule has 0 bridgehead atoms. The van der Waals surface area contributed by atoms with Gasteiger partial charge >= 0.3 is 5.69 Å². The molecule has 1 aliphatic carbocycles. The first kappa shape index (κ1) is 15.2. The largest absolute Gasteiger partial charge is 0.393 e. The summed E-state index contributed by atoms with van der Waals surface area (Å²) in [6, 6.07) is 4.65. The molecule has 0 aromatic heterocycles. The van der Waals surface area contributed by atoms with Gasteiger partial charge in [-0.05, 0) is 30.9 Å². The van der Waals surface area contributed by atoms with Crippen molar-refractivity contribution >= 4 is 17.3 Å². The fourth-order valence-electron chi connectivity index (χ4n) is 2.64. The second kappa shape index (κ2) is 6.09. The molecule has 21 heavy (non-hydrogen) atoms. The summed E-state index contributed by atoms with van der Waals surface area (Å²) >= 11 is 0. The normalized spacial score (nSPS) is 20.5. The van der Waals surface area contributed by atoms with E-state index in [0.29, 0.717) is 25.1 Å². The lowest BCUT2D eigenvalue weighted by molar-refractivity contribution is -0.384. The van der Waals surface area contributed by atoms with E-state index < -0.39 is 4.92 Å². The number of nitrogens with zero attached hydrogens (tertiary/aromatic N) is 2. The lowest BCUT2D eigenvalue weighted by atomic mass is 9.82. The van der Waals surface area contributed by atoms with E-state index in [1.807, 2.05) is 0 Å². The smallest absolute Gasteiger partial charge is 0.305 e. The number of para-hydroxylation sites is 1. The van der Waals surface area contributed by atoms with Gasteiger partial charge in [-0.25, -0.2) is 0 Å². The number of aliphatic hydroxyl groups excluding tert-OH is 1. The van der Waals surface area contributed by atoms with Crippen LogP contribution in [0.15, 0.2) is 18.2 Å². The Bertz CT molecular complexity index is 555. The fourth-order valence-corrected chi connectivity index (χ4v) is 2.64. The van der Waals surface area contributed by atoms with E-state index in [2.05, 4.69) is 5.32 Å². The van der Waals surface area contributed by atoms with Crippen LogP contribution < -0.4 is 5.32 Å². The van der Waals surface area contributed by atoms with Gasteiger partial charge in [0.25, 0.3) is 5.91 Å². The zero-order chi connectivity index (χ0) is 15.6. The Morgan fingerprint density at radius 2 is 2.19 bits per heavy atom. The first-order valence-corrected chi connectivity index (χ1v) is 6.82. The third-order valence-electron chi connectivity index (χ3n) is 3.81. The molecule has 7 nitrogen and oxygen atoms in total. The summed E-state index contributed by atoms with van der Waals surface area (Å²) in [6.07, 6.45) is 1.08. The molecule has 0 aliphatic heterocycles. The molecule has 1 saturated carbocycles. The third kappa shape index (κ3) is 3.13. The zero-order valence-electron chi connectivity index (χ0n) is 12.1. The number of nitro benzene ring substituents is 1. The van der Waals surface area contributed by atoms with Crippen LogP contribution in [0.1, 0.15) is 23.2 Å². The zero-order valence-corrected chi connectivity index (χ0v) is 12.1. The van der Waals surface area contributed by atoms with Crippen molar-refractivity contribution in [2.45, 2.75) is 18.9 Å². The average molecular weight is 293 g/mol. The molecule has 0 radical (unpaired) electrons. The topological polar surface area (TPSA) is 95.7 Å². The summed E-state index contributed by atoms with van der Waals surface area (Å²) in [5, 5.41) is 23.2. The Kier molecular flexibility index (Phi) is 4.42. The SMILES string of the molecule is CNc1cccc(C(=O)N(C)CC2CC(O)C2)c1[N+](=O)[O-]. The molecular formula is C14H19N3O4. The molecule has 7 heteroatoms. The monoisotopic (exact) mass is 293 g/mol. The predicted molar refractivity (Wildman–Crippen MR) is 78.3 cm³/mol. The Labute approximate surface area is 122 Å². The molecule has 1 aliphatic rings. The number of anilines is 1. The molecule has 114 valence electrons. The summed E-state index contributed by atoms with van der Waals surface area (Å²) in [5.41, 5.74) is 0.193. The number of amides is 1. The van der Waals surface area contributed by atoms with Crippen LogP contribution in [0.4, 0.5) is 11.4 Å². The minimum absolute atomic E-state index is 0.0780. The molecule has 1 amide bonds. The van der Waals surface area contributed by atoms with Gasteiger partial charge in [0.1, 0.15) is 11.3 Å². The number of benzene rings is 1. The highest BCUT2D eigenvalue weighted by molar-refractivity contribution is 6.00. The Morgan fingerprint density at radius 1 is 1.52 bits per heavy atom. The quantitative estimate of drug-likeness (QED) is 0.633. The minimum Gasteiger partial charge on any atom is -0.393 e. The molecule has 0 atom stereocenters. The van der Waals surface area contributed by atoms with Gasteiger partial charge in [-0.2, -0.15) is 0 Å². The van der Waals surface area contributed by atoms with Crippen LogP contribution in [0.3, 0.4) is 0 Å². The van der Waals surface area contributed by atoms with Crippen molar-refractivity contribution < 1.29 is 14.8 Å². The summed E-state index contributed by atoms with van der Waals surface area (Å²) in [7, 11) is 3.21. The van der Waals surface area contributed by atoms with E-state index in [4.69, 9.17) is 0 Å². The van der Waals surface area contributed by atoms with Gasteiger partial charge in [-0.3, -0.25) is 14.9 Å². The number of hydrogen-bond donors (Lipinski definition) is 2. The summed E-state index contributed by atoms with van der Waals surface area (Å²) in [6.45, 7) is 0.497. The standard InChI is InChI=1S/C14H19N3O4/c1-15-12-5-3-4-11(13(12)17(20)21)14(19)16(2)8-9-6-10(18)7-9/h3-5,9-10,15,18H,6-8H2,1-2H3. The molecule has 0 heterocycles. The number of nitro groups is 1. The number of aliphatic hydroxyl groups is 1. The molecule has 0 spiro atoms. The van der Waals surface area contributed by atoms with Gasteiger partial charge in [0, 0.05) is 20.6 Å². The van der Waals surface area contributed by atoms with Crippen LogP contribution in [-0.2, 0) is 0 Å². The van der Waals surface area contributed by atoms with Crippen molar-refractivity contribution in [2.24, 2.45) is 5.92 Å². The van der Waals surface area contributed by atoms with Crippen molar-refractivity contribution in [2.75, 3.05) is 26.0 Å². The maximum atomic E-state index is 12.4. The van der Waals surface area contributed by atoms with Crippen LogP contribution in [0.5, 0.6) is 0 Å². The highest BCUT2D eigenvalue weighted by atomic mass is 16.6. The van der Waals surface area contributed by atoms with Crippen molar-refractivity contribution in [3.05, 3.63) is 33.9 Å².